The largest absolute Gasteiger partial charge is 0.493 e. The van der Waals surface area contributed by atoms with Gasteiger partial charge in [-0.15, -0.1) is 0 Å². The Bertz CT molecular complexity index is 1570. The number of para-hydroxylation sites is 1. The average molecular weight is 470 g/mol. The lowest BCUT2D eigenvalue weighted by molar-refractivity contribution is -0.116. The van der Waals surface area contributed by atoms with Gasteiger partial charge in [0.15, 0.2) is 11.5 Å². The van der Waals surface area contributed by atoms with Gasteiger partial charge in [-0.3, -0.25) is 14.2 Å². The van der Waals surface area contributed by atoms with Crippen LogP contribution in [0.3, 0.4) is 0 Å². The number of methoxy groups -OCH3 is 1. The van der Waals surface area contributed by atoms with Crippen molar-refractivity contribution in [1.82, 2.24) is 18.9 Å². The standard InChI is InChI=1S/C26H23N5O4/c1-17-27-21-8-4-3-7-20(21)26(33)31(17)15-25(32)29-18-10-11-22(34-2)23(13-18)35-16-19-14-30-12-6-5-9-24(30)28-19/h3-14H,15-16H2,1-2H3,(H,29,32). The zero-order valence-corrected chi connectivity index (χ0v) is 19.3. The number of pyridine rings is 1. The normalized spacial score (nSPS) is 11.0. The molecule has 0 saturated carbocycles. The Morgan fingerprint density at radius 3 is 2.69 bits per heavy atom. The molecule has 3 heterocycles. The maximum atomic E-state index is 12.9. The predicted molar refractivity (Wildman–Crippen MR) is 132 cm³/mol. The molecule has 2 aromatic carbocycles. The van der Waals surface area contributed by atoms with Gasteiger partial charge in [-0.2, -0.15) is 0 Å². The minimum absolute atomic E-state index is 0.161. The first-order chi connectivity index (χ1) is 17.0. The monoisotopic (exact) mass is 469 g/mol. The summed E-state index contributed by atoms with van der Waals surface area (Å²) in [5.41, 5.74) is 2.45. The molecule has 9 nitrogen and oxygen atoms in total. The minimum atomic E-state index is -0.358. The highest BCUT2D eigenvalue weighted by Gasteiger charge is 2.13. The van der Waals surface area contributed by atoms with Gasteiger partial charge in [0.2, 0.25) is 5.91 Å². The topological polar surface area (TPSA) is 99.8 Å². The number of carbonyl (C=O) groups excluding carboxylic acids is 1. The van der Waals surface area contributed by atoms with E-state index >= 15 is 0 Å². The lowest BCUT2D eigenvalue weighted by Gasteiger charge is -2.14. The van der Waals surface area contributed by atoms with Gasteiger partial charge in [0, 0.05) is 24.1 Å². The number of imidazole rings is 1. The van der Waals surface area contributed by atoms with Gasteiger partial charge in [-0.25, -0.2) is 9.97 Å². The van der Waals surface area contributed by atoms with Gasteiger partial charge >= 0.3 is 0 Å². The van der Waals surface area contributed by atoms with Crippen molar-refractivity contribution in [3.8, 4) is 11.5 Å². The second-order valence-corrected chi connectivity index (χ2v) is 7.97. The molecule has 0 aliphatic heterocycles. The Balaban J connectivity index is 1.32. The second-order valence-electron chi connectivity index (χ2n) is 7.97. The van der Waals surface area contributed by atoms with E-state index in [2.05, 4.69) is 15.3 Å². The van der Waals surface area contributed by atoms with Crippen LogP contribution in [0, 0.1) is 6.92 Å². The van der Waals surface area contributed by atoms with Crippen molar-refractivity contribution in [1.29, 1.82) is 0 Å². The highest BCUT2D eigenvalue weighted by atomic mass is 16.5. The summed E-state index contributed by atoms with van der Waals surface area (Å²) >= 11 is 0. The molecule has 1 N–H and O–H groups in total. The molecule has 0 saturated heterocycles. The van der Waals surface area contributed by atoms with Crippen molar-refractivity contribution < 1.29 is 14.3 Å². The van der Waals surface area contributed by atoms with Crippen LogP contribution in [0.2, 0.25) is 0 Å². The molecule has 0 fully saturated rings. The van der Waals surface area contributed by atoms with Gasteiger partial charge in [0.05, 0.1) is 23.7 Å². The van der Waals surface area contributed by atoms with Crippen LogP contribution in [0.5, 0.6) is 11.5 Å². The van der Waals surface area contributed by atoms with Crippen LogP contribution in [-0.4, -0.2) is 32.0 Å². The van der Waals surface area contributed by atoms with Gasteiger partial charge < -0.3 is 19.2 Å². The Morgan fingerprint density at radius 2 is 1.86 bits per heavy atom. The molecular formula is C26H23N5O4. The Labute approximate surface area is 200 Å². The van der Waals surface area contributed by atoms with Crippen molar-refractivity contribution in [2.45, 2.75) is 20.1 Å². The Morgan fingerprint density at radius 1 is 1.03 bits per heavy atom. The number of amides is 1. The highest BCUT2D eigenvalue weighted by Crippen LogP contribution is 2.31. The quantitative estimate of drug-likeness (QED) is 0.391. The predicted octanol–water partition coefficient (Wildman–Crippen LogP) is 3.58. The summed E-state index contributed by atoms with van der Waals surface area (Å²) in [4.78, 5) is 34.6. The molecule has 0 unspecified atom stereocenters. The fourth-order valence-electron chi connectivity index (χ4n) is 3.89. The third kappa shape index (κ3) is 4.56. The fraction of sp³-hybridized carbons (Fsp3) is 0.154. The van der Waals surface area contributed by atoms with E-state index in [0.29, 0.717) is 33.9 Å². The lowest BCUT2D eigenvalue weighted by atomic mass is 10.2. The first-order valence-electron chi connectivity index (χ1n) is 11.0. The van der Waals surface area contributed by atoms with E-state index in [1.54, 1.807) is 50.4 Å². The molecule has 5 rings (SSSR count). The molecule has 5 aromatic rings. The number of hydrogen-bond donors (Lipinski definition) is 1. The molecule has 1 amide bonds. The maximum Gasteiger partial charge on any atom is 0.261 e. The smallest absolute Gasteiger partial charge is 0.261 e. The Kier molecular flexibility index (Phi) is 5.88. The first kappa shape index (κ1) is 22.1. The third-order valence-electron chi connectivity index (χ3n) is 5.59. The van der Waals surface area contributed by atoms with E-state index < -0.39 is 0 Å². The SMILES string of the molecule is COc1ccc(NC(=O)Cn2c(C)nc3ccccc3c2=O)cc1OCc1cn2ccccc2n1. The number of hydrogen-bond acceptors (Lipinski definition) is 6. The lowest BCUT2D eigenvalue weighted by Crippen LogP contribution is -2.30. The zero-order chi connectivity index (χ0) is 24.4. The van der Waals surface area contributed by atoms with Crippen LogP contribution in [0.1, 0.15) is 11.5 Å². The van der Waals surface area contributed by atoms with E-state index in [4.69, 9.17) is 9.47 Å². The molecular weight excluding hydrogens is 446 g/mol. The van der Waals surface area contributed by atoms with E-state index in [-0.39, 0.29) is 24.6 Å². The summed E-state index contributed by atoms with van der Waals surface area (Å²) in [5.74, 6) is 1.10. The number of nitrogens with zero attached hydrogens (tertiary/aromatic N) is 4. The Hall–Kier alpha value is -4.66. The summed E-state index contributed by atoms with van der Waals surface area (Å²) in [6.45, 7) is 1.78. The second kappa shape index (κ2) is 9.30. The highest BCUT2D eigenvalue weighted by molar-refractivity contribution is 5.91. The number of ether oxygens (including phenoxy) is 2. The number of fused-ring (bicyclic) bond motifs is 2. The molecule has 0 radical (unpaired) electrons. The van der Waals surface area contributed by atoms with E-state index in [9.17, 15) is 9.59 Å². The number of nitrogens with one attached hydrogen (secondary N) is 1. The van der Waals surface area contributed by atoms with Crippen LogP contribution in [0.4, 0.5) is 5.69 Å². The van der Waals surface area contributed by atoms with Gasteiger partial charge in [-0.1, -0.05) is 18.2 Å². The van der Waals surface area contributed by atoms with Crippen molar-refractivity contribution in [2.24, 2.45) is 0 Å². The van der Waals surface area contributed by atoms with Gasteiger partial charge in [-0.05, 0) is 43.3 Å². The summed E-state index contributed by atoms with van der Waals surface area (Å²) in [6, 6.07) is 17.9. The van der Waals surface area contributed by atoms with Crippen LogP contribution in [0.15, 0.2) is 77.9 Å². The molecule has 0 aliphatic rings. The molecule has 35 heavy (non-hydrogen) atoms. The molecule has 0 bridgehead atoms. The van der Waals surface area contributed by atoms with Crippen molar-refractivity contribution in [3.63, 3.8) is 0 Å². The van der Waals surface area contributed by atoms with Crippen LogP contribution in [-0.2, 0) is 17.9 Å². The number of aromatic nitrogens is 4. The van der Waals surface area contributed by atoms with Gasteiger partial charge in [0.1, 0.15) is 24.6 Å². The molecule has 3 aromatic heterocycles. The summed E-state index contributed by atoms with van der Waals surface area (Å²) < 4.78 is 14.6. The van der Waals surface area contributed by atoms with Crippen LogP contribution < -0.4 is 20.3 Å². The molecule has 0 atom stereocenters. The average Bonchev–Trinajstić information content (AvgIpc) is 3.28. The maximum absolute atomic E-state index is 12.9. The van der Waals surface area contributed by atoms with E-state index in [1.165, 1.54) is 4.57 Å². The fourth-order valence-corrected chi connectivity index (χ4v) is 3.89. The molecule has 176 valence electrons. The first-order valence-corrected chi connectivity index (χ1v) is 11.0. The third-order valence-corrected chi connectivity index (χ3v) is 5.59. The molecule has 9 heteroatoms. The number of rotatable bonds is 7. The minimum Gasteiger partial charge on any atom is -0.493 e. The van der Waals surface area contributed by atoms with Crippen molar-refractivity contribution >= 4 is 28.1 Å². The zero-order valence-electron chi connectivity index (χ0n) is 19.3. The van der Waals surface area contributed by atoms with Crippen LogP contribution in [0.25, 0.3) is 16.6 Å². The number of anilines is 1. The molecule has 0 spiro atoms. The van der Waals surface area contributed by atoms with E-state index in [1.807, 2.05) is 41.1 Å². The van der Waals surface area contributed by atoms with Gasteiger partial charge in [0.25, 0.3) is 5.56 Å². The van der Waals surface area contributed by atoms with E-state index in [0.717, 1.165) is 11.3 Å². The summed E-state index contributed by atoms with van der Waals surface area (Å²) in [5, 5.41) is 3.29. The number of benzene rings is 2. The number of carbonyl (C=O) groups is 1. The van der Waals surface area contributed by atoms with Crippen molar-refractivity contribution in [3.05, 3.63) is 94.9 Å². The van der Waals surface area contributed by atoms with Crippen LogP contribution >= 0.6 is 0 Å². The number of aryl methyl sites for hydroxylation is 1. The van der Waals surface area contributed by atoms with Crippen molar-refractivity contribution in [2.75, 3.05) is 12.4 Å². The summed E-state index contributed by atoms with van der Waals surface area (Å²) in [7, 11) is 1.55. The molecule has 0 aliphatic carbocycles. The summed E-state index contributed by atoms with van der Waals surface area (Å²) in [6.07, 6.45) is 3.81.